The quantitative estimate of drug-likeness (QED) is 0.721. The highest BCUT2D eigenvalue weighted by Gasteiger charge is 2.29. The van der Waals surface area contributed by atoms with E-state index in [1.807, 2.05) is 26.0 Å². The molecule has 0 amide bonds. The zero-order valence-corrected chi connectivity index (χ0v) is 14.1. The molecule has 0 aliphatic carbocycles. The van der Waals surface area contributed by atoms with Crippen LogP contribution in [0.5, 0.6) is 0 Å². The minimum atomic E-state index is -1.24. The summed E-state index contributed by atoms with van der Waals surface area (Å²) in [5, 5.41) is 5.57. The second-order valence-electron chi connectivity index (χ2n) is 6.91. The molecule has 1 aromatic carbocycles. The SMILES string of the molecule is CC(C)(F)CC(C)(C)Nc1ncnc2sc3ccccc3c12. The Bertz CT molecular complexity index is 817. The number of rotatable bonds is 4. The van der Waals surface area contributed by atoms with Gasteiger partial charge in [-0.05, 0) is 33.8 Å². The predicted molar refractivity (Wildman–Crippen MR) is 92.4 cm³/mol. The van der Waals surface area contributed by atoms with Gasteiger partial charge in [0, 0.05) is 22.0 Å². The predicted octanol–water partition coefficient (Wildman–Crippen LogP) is 5.17. The molecule has 3 nitrogen and oxygen atoms in total. The summed E-state index contributed by atoms with van der Waals surface area (Å²) in [7, 11) is 0. The van der Waals surface area contributed by atoms with Gasteiger partial charge in [0.05, 0.1) is 5.39 Å². The maximum atomic E-state index is 14.0. The Balaban J connectivity index is 2.07. The number of alkyl halides is 1. The molecule has 0 unspecified atom stereocenters. The molecule has 5 heteroatoms. The van der Waals surface area contributed by atoms with Gasteiger partial charge < -0.3 is 5.32 Å². The minimum Gasteiger partial charge on any atom is -0.364 e. The third-order valence-corrected chi connectivity index (χ3v) is 4.57. The first-order chi connectivity index (χ1) is 10.3. The zero-order chi connectivity index (χ0) is 16.0. The van der Waals surface area contributed by atoms with Crippen molar-refractivity contribution in [3.05, 3.63) is 30.6 Å². The Hall–Kier alpha value is -1.75. The van der Waals surface area contributed by atoms with Crippen molar-refractivity contribution < 1.29 is 4.39 Å². The van der Waals surface area contributed by atoms with Gasteiger partial charge in [0.1, 0.15) is 22.6 Å². The van der Waals surface area contributed by atoms with E-state index >= 15 is 0 Å². The summed E-state index contributed by atoms with van der Waals surface area (Å²) in [5.74, 6) is 0.775. The van der Waals surface area contributed by atoms with Crippen molar-refractivity contribution in [2.24, 2.45) is 0 Å². The van der Waals surface area contributed by atoms with Crippen LogP contribution in [0.2, 0.25) is 0 Å². The summed E-state index contributed by atoms with van der Waals surface area (Å²) >= 11 is 1.65. The maximum absolute atomic E-state index is 14.0. The number of aromatic nitrogens is 2. The van der Waals surface area contributed by atoms with Crippen LogP contribution in [0, 0.1) is 0 Å². The molecule has 1 N–H and O–H groups in total. The first kappa shape index (κ1) is 15.2. The molecule has 0 bridgehead atoms. The Morgan fingerprint density at radius 1 is 1.14 bits per heavy atom. The summed E-state index contributed by atoms with van der Waals surface area (Å²) in [4.78, 5) is 9.74. The fraction of sp³-hybridized carbons (Fsp3) is 0.412. The second-order valence-corrected chi connectivity index (χ2v) is 7.94. The minimum absolute atomic E-state index is 0.396. The molecule has 0 atom stereocenters. The highest BCUT2D eigenvalue weighted by molar-refractivity contribution is 7.25. The molecule has 116 valence electrons. The average Bonchev–Trinajstić information content (AvgIpc) is 2.74. The van der Waals surface area contributed by atoms with Crippen LogP contribution < -0.4 is 5.32 Å². The van der Waals surface area contributed by atoms with Crippen molar-refractivity contribution >= 4 is 37.5 Å². The van der Waals surface area contributed by atoms with Crippen molar-refractivity contribution in [3.63, 3.8) is 0 Å². The summed E-state index contributed by atoms with van der Waals surface area (Å²) < 4.78 is 15.2. The van der Waals surface area contributed by atoms with Crippen LogP contribution in [0.4, 0.5) is 10.2 Å². The van der Waals surface area contributed by atoms with Gasteiger partial charge in [0.25, 0.3) is 0 Å². The lowest BCUT2D eigenvalue weighted by molar-refractivity contribution is 0.172. The number of fused-ring (bicyclic) bond motifs is 3. The molecular formula is C17H20FN3S. The monoisotopic (exact) mass is 317 g/mol. The van der Waals surface area contributed by atoms with Crippen LogP contribution in [0.3, 0.4) is 0 Å². The largest absolute Gasteiger partial charge is 0.364 e. The summed E-state index contributed by atoms with van der Waals surface area (Å²) in [6.45, 7) is 7.20. The van der Waals surface area contributed by atoms with Crippen molar-refractivity contribution in [2.45, 2.75) is 45.3 Å². The van der Waals surface area contributed by atoms with Gasteiger partial charge in [0.15, 0.2) is 0 Å². The number of thiophene rings is 1. The number of hydrogen-bond acceptors (Lipinski definition) is 4. The van der Waals surface area contributed by atoms with Gasteiger partial charge in [-0.1, -0.05) is 18.2 Å². The lowest BCUT2D eigenvalue weighted by Gasteiger charge is -2.31. The van der Waals surface area contributed by atoms with Crippen LogP contribution in [0.25, 0.3) is 20.3 Å². The first-order valence-electron chi connectivity index (χ1n) is 7.35. The van der Waals surface area contributed by atoms with E-state index in [1.54, 1.807) is 31.5 Å². The average molecular weight is 317 g/mol. The Kier molecular flexibility index (Phi) is 3.56. The van der Waals surface area contributed by atoms with Gasteiger partial charge in [-0.3, -0.25) is 0 Å². The lowest BCUT2D eigenvalue weighted by Crippen LogP contribution is -2.37. The Labute approximate surface area is 133 Å². The smallest absolute Gasteiger partial charge is 0.139 e. The van der Waals surface area contributed by atoms with E-state index in [4.69, 9.17) is 0 Å². The molecule has 0 fully saturated rings. The van der Waals surface area contributed by atoms with Crippen LogP contribution in [0.1, 0.15) is 34.1 Å². The third-order valence-electron chi connectivity index (χ3n) is 3.49. The van der Waals surface area contributed by atoms with E-state index in [0.717, 1.165) is 21.4 Å². The number of hydrogen-bond donors (Lipinski definition) is 1. The van der Waals surface area contributed by atoms with Gasteiger partial charge in [-0.15, -0.1) is 11.3 Å². The molecule has 0 spiro atoms. The standard InChI is InChI=1S/C17H20FN3S/c1-16(2,18)9-17(3,4)21-14-13-11-7-5-6-8-12(11)22-15(13)20-10-19-14/h5-8,10H,9H2,1-4H3,(H,19,20,21). The molecular weight excluding hydrogens is 297 g/mol. The summed E-state index contributed by atoms with van der Waals surface area (Å²) in [5.41, 5.74) is -1.64. The molecule has 3 rings (SSSR count). The van der Waals surface area contributed by atoms with E-state index in [2.05, 4.69) is 27.4 Å². The Morgan fingerprint density at radius 3 is 2.59 bits per heavy atom. The van der Waals surface area contributed by atoms with Crippen molar-refractivity contribution in [3.8, 4) is 0 Å². The molecule has 0 saturated carbocycles. The van der Waals surface area contributed by atoms with Gasteiger partial charge in [-0.25, -0.2) is 14.4 Å². The van der Waals surface area contributed by atoms with Crippen LogP contribution >= 0.6 is 11.3 Å². The number of nitrogens with zero attached hydrogens (tertiary/aromatic N) is 2. The fourth-order valence-corrected chi connectivity index (χ4v) is 4.11. The molecule has 0 radical (unpaired) electrons. The van der Waals surface area contributed by atoms with E-state index < -0.39 is 11.2 Å². The fourth-order valence-electron chi connectivity index (χ4n) is 3.07. The molecule has 3 aromatic rings. The molecule has 22 heavy (non-hydrogen) atoms. The molecule has 2 aromatic heterocycles. The number of anilines is 1. The molecule has 0 saturated heterocycles. The summed E-state index contributed by atoms with van der Waals surface area (Å²) in [6, 6.07) is 8.20. The normalized spacial score (nSPS) is 13.0. The summed E-state index contributed by atoms with van der Waals surface area (Å²) in [6.07, 6.45) is 1.96. The lowest BCUT2D eigenvalue weighted by atomic mass is 9.90. The van der Waals surface area contributed by atoms with Crippen LogP contribution in [0.15, 0.2) is 30.6 Å². The van der Waals surface area contributed by atoms with Crippen LogP contribution in [-0.2, 0) is 0 Å². The number of nitrogens with one attached hydrogen (secondary N) is 1. The number of benzene rings is 1. The maximum Gasteiger partial charge on any atom is 0.139 e. The van der Waals surface area contributed by atoms with Crippen LogP contribution in [-0.4, -0.2) is 21.2 Å². The van der Waals surface area contributed by atoms with E-state index in [9.17, 15) is 4.39 Å². The number of halogens is 1. The Morgan fingerprint density at radius 2 is 1.86 bits per heavy atom. The van der Waals surface area contributed by atoms with Gasteiger partial charge >= 0.3 is 0 Å². The molecule has 0 aliphatic rings. The van der Waals surface area contributed by atoms with Crippen molar-refractivity contribution in [1.29, 1.82) is 0 Å². The second kappa shape index (κ2) is 5.16. The molecule has 0 aliphatic heterocycles. The topological polar surface area (TPSA) is 37.8 Å². The van der Waals surface area contributed by atoms with Crippen molar-refractivity contribution in [1.82, 2.24) is 9.97 Å². The zero-order valence-electron chi connectivity index (χ0n) is 13.3. The highest BCUT2D eigenvalue weighted by atomic mass is 32.1. The van der Waals surface area contributed by atoms with Gasteiger partial charge in [-0.2, -0.15) is 0 Å². The highest BCUT2D eigenvalue weighted by Crippen LogP contribution is 2.37. The van der Waals surface area contributed by atoms with E-state index in [0.29, 0.717) is 6.42 Å². The van der Waals surface area contributed by atoms with E-state index in [1.165, 1.54) is 4.70 Å². The first-order valence-corrected chi connectivity index (χ1v) is 8.16. The van der Waals surface area contributed by atoms with Gasteiger partial charge in [0.2, 0.25) is 0 Å². The van der Waals surface area contributed by atoms with Crippen molar-refractivity contribution in [2.75, 3.05) is 5.32 Å². The van der Waals surface area contributed by atoms with E-state index in [-0.39, 0.29) is 0 Å². The molecule has 2 heterocycles. The third kappa shape index (κ3) is 3.04.